The van der Waals surface area contributed by atoms with E-state index in [-0.39, 0.29) is 11.8 Å². The molecule has 0 radical (unpaired) electrons. The highest BCUT2D eigenvalue weighted by atomic mass is 16.2. The number of nitrogens with zero attached hydrogens (tertiary/aromatic N) is 2. The van der Waals surface area contributed by atoms with Crippen LogP contribution in [0.1, 0.15) is 27.2 Å². The highest BCUT2D eigenvalue weighted by Gasteiger charge is 1.99. The Hall–Kier alpha value is -1.66. The second kappa shape index (κ2) is 16.2. The SMILES string of the molecule is C=C(C)C(=O)NCCCN(C)C.C=CC(=O)NCCN(CC)CC. The van der Waals surface area contributed by atoms with E-state index in [1.165, 1.54) is 6.08 Å². The van der Waals surface area contributed by atoms with Crippen molar-refractivity contribution in [3.63, 3.8) is 0 Å². The van der Waals surface area contributed by atoms with Gasteiger partial charge in [-0.3, -0.25) is 9.59 Å². The zero-order valence-electron chi connectivity index (χ0n) is 16.2. The number of rotatable bonds is 11. The Morgan fingerprint density at radius 3 is 2.04 bits per heavy atom. The van der Waals surface area contributed by atoms with Crippen molar-refractivity contribution < 1.29 is 9.59 Å². The fraction of sp³-hybridized carbons (Fsp3) is 0.667. The number of hydrogen-bond donors (Lipinski definition) is 2. The summed E-state index contributed by atoms with van der Waals surface area (Å²) in [6, 6.07) is 0. The number of hydrogen-bond acceptors (Lipinski definition) is 4. The molecule has 0 aromatic carbocycles. The van der Waals surface area contributed by atoms with Gasteiger partial charge in [-0.25, -0.2) is 0 Å². The summed E-state index contributed by atoms with van der Waals surface area (Å²) in [7, 11) is 4.03. The second-order valence-electron chi connectivity index (χ2n) is 5.72. The molecule has 0 saturated heterocycles. The van der Waals surface area contributed by atoms with Gasteiger partial charge in [-0.15, -0.1) is 0 Å². The molecule has 0 saturated carbocycles. The summed E-state index contributed by atoms with van der Waals surface area (Å²) in [5.74, 6) is -0.143. The van der Waals surface area contributed by atoms with Crippen LogP contribution in [-0.2, 0) is 9.59 Å². The predicted molar refractivity (Wildman–Crippen MR) is 102 cm³/mol. The summed E-state index contributed by atoms with van der Waals surface area (Å²) >= 11 is 0. The summed E-state index contributed by atoms with van der Waals surface area (Å²) in [6.45, 7) is 18.2. The first kappa shape index (κ1) is 24.6. The van der Waals surface area contributed by atoms with Crippen LogP contribution < -0.4 is 10.6 Å². The molecule has 6 nitrogen and oxygen atoms in total. The molecule has 0 fully saturated rings. The third-order valence-electron chi connectivity index (χ3n) is 3.26. The molecule has 0 unspecified atom stereocenters. The van der Waals surface area contributed by atoms with Gasteiger partial charge in [0.15, 0.2) is 0 Å². The van der Waals surface area contributed by atoms with Crippen molar-refractivity contribution in [2.75, 3.05) is 53.4 Å². The average molecular weight is 341 g/mol. The van der Waals surface area contributed by atoms with Crippen molar-refractivity contribution >= 4 is 11.8 Å². The van der Waals surface area contributed by atoms with E-state index in [2.05, 4.69) is 47.4 Å². The van der Waals surface area contributed by atoms with Gasteiger partial charge in [0.05, 0.1) is 0 Å². The largest absolute Gasteiger partial charge is 0.352 e. The van der Waals surface area contributed by atoms with E-state index in [9.17, 15) is 9.59 Å². The van der Waals surface area contributed by atoms with Crippen molar-refractivity contribution in [3.8, 4) is 0 Å². The molecule has 0 aliphatic heterocycles. The Morgan fingerprint density at radius 1 is 1.04 bits per heavy atom. The van der Waals surface area contributed by atoms with Crippen LogP contribution in [0.15, 0.2) is 24.8 Å². The lowest BCUT2D eigenvalue weighted by Gasteiger charge is -2.17. The second-order valence-corrected chi connectivity index (χ2v) is 5.72. The molecular formula is C18H36N4O2. The lowest BCUT2D eigenvalue weighted by Crippen LogP contribution is -2.33. The Kier molecular flexibility index (Phi) is 16.6. The lowest BCUT2D eigenvalue weighted by molar-refractivity contribution is -0.117. The van der Waals surface area contributed by atoms with Crippen LogP contribution in [0.25, 0.3) is 0 Å². The van der Waals surface area contributed by atoms with Crippen LogP contribution in [0.5, 0.6) is 0 Å². The molecule has 6 heteroatoms. The third kappa shape index (κ3) is 16.7. The fourth-order valence-corrected chi connectivity index (χ4v) is 1.70. The Morgan fingerprint density at radius 2 is 1.62 bits per heavy atom. The maximum absolute atomic E-state index is 11.0. The quantitative estimate of drug-likeness (QED) is 0.439. The van der Waals surface area contributed by atoms with Gasteiger partial charge < -0.3 is 20.4 Å². The van der Waals surface area contributed by atoms with Gasteiger partial charge in [-0.05, 0) is 53.2 Å². The summed E-state index contributed by atoms with van der Waals surface area (Å²) in [6.07, 6.45) is 2.27. The van der Waals surface area contributed by atoms with Crippen LogP contribution in [0.4, 0.5) is 0 Å². The number of amides is 2. The van der Waals surface area contributed by atoms with E-state index < -0.39 is 0 Å². The maximum Gasteiger partial charge on any atom is 0.246 e. The van der Waals surface area contributed by atoms with Crippen LogP contribution in [0.2, 0.25) is 0 Å². The molecule has 0 aliphatic rings. The van der Waals surface area contributed by atoms with Crippen molar-refractivity contribution in [1.29, 1.82) is 0 Å². The van der Waals surface area contributed by atoms with E-state index in [0.29, 0.717) is 12.1 Å². The van der Waals surface area contributed by atoms with Gasteiger partial charge >= 0.3 is 0 Å². The van der Waals surface area contributed by atoms with Gasteiger partial charge in [0.25, 0.3) is 0 Å². The Labute approximate surface area is 148 Å². The molecule has 140 valence electrons. The molecule has 24 heavy (non-hydrogen) atoms. The molecule has 2 amide bonds. The highest BCUT2D eigenvalue weighted by Crippen LogP contribution is 1.86. The van der Waals surface area contributed by atoms with Gasteiger partial charge in [-0.2, -0.15) is 0 Å². The number of nitrogens with one attached hydrogen (secondary N) is 2. The fourth-order valence-electron chi connectivity index (χ4n) is 1.70. The van der Waals surface area contributed by atoms with Gasteiger partial charge in [0.1, 0.15) is 0 Å². The standard InChI is InChI=1S/2C9H18N2O/c1-8(2)9(12)10-6-5-7-11(3)4;1-4-9(12)10-7-8-11(5-2)6-3/h1,5-7H2,2-4H3,(H,10,12);4H,1,5-8H2,2-3H3,(H,10,12). The van der Waals surface area contributed by atoms with E-state index in [1.54, 1.807) is 6.92 Å². The Balaban J connectivity index is 0. The number of carbonyl (C=O) groups excluding carboxylic acids is 2. The molecule has 0 bridgehead atoms. The molecule has 0 spiro atoms. The summed E-state index contributed by atoms with van der Waals surface area (Å²) in [4.78, 5) is 26.0. The lowest BCUT2D eigenvalue weighted by atomic mass is 10.3. The average Bonchev–Trinajstić information content (AvgIpc) is 2.55. The first-order valence-corrected chi connectivity index (χ1v) is 8.49. The van der Waals surface area contributed by atoms with Crippen molar-refractivity contribution in [1.82, 2.24) is 20.4 Å². The van der Waals surface area contributed by atoms with Crippen molar-refractivity contribution in [2.24, 2.45) is 0 Å². The molecule has 0 atom stereocenters. The molecule has 2 N–H and O–H groups in total. The monoisotopic (exact) mass is 340 g/mol. The van der Waals surface area contributed by atoms with Crippen LogP contribution >= 0.6 is 0 Å². The first-order chi connectivity index (χ1) is 11.3. The topological polar surface area (TPSA) is 64.7 Å². The molecule has 0 heterocycles. The van der Waals surface area contributed by atoms with E-state index in [0.717, 1.165) is 39.1 Å². The van der Waals surface area contributed by atoms with Gasteiger partial charge in [0.2, 0.25) is 11.8 Å². The van der Waals surface area contributed by atoms with Gasteiger partial charge in [-0.1, -0.05) is 27.0 Å². The van der Waals surface area contributed by atoms with Crippen LogP contribution in [-0.4, -0.2) is 75.0 Å². The molecule has 0 aromatic heterocycles. The minimum Gasteiger partial charge on any atom is -0.352 e. The van der Waals surface area contributed by atoms with Crippen LogP contribution in [0.3, 0.4) is 0 Å². The third-order valence-corrected chi connectivity index (χ3v) is 3.26. The van der Waals surface area contributed by atoms with E-state index in [1.807, 2.05) is 14.1 Å². The molecule has 0 aromatic rings. The zero-order chi connectivity index (χ0) is 19.0. The number of carbonyl (C=O) groups is 2. The predicted octanol–water partition coefficient (Wildman–Crippen LogP) is 1.26. The minimum atomic E-state index is -0.0952. The minimum absolute atomic E-state index is 0.0474. The maximum atomic E-state index is 11.0. The zero-order valence-corrected chi connectivity index (χ0v) is 16.2. The van der Waals surface area contributed by atoms with Crippen LogP contribution in [0, 0.1) is 0 Å². The molecule has 0 aliphatic carbocycles. The number of likely N-dealkylation sites (N-methyl/N-ethyl adjacent to an activating group) is 1. The summed E-state index contributed by atoms with van der Waals surface area (Å²) in [5, 5.41) is 5.51. The van der Waals surface area contributed by atoms with E-state index in [4.69, 9.17) is 0 Å². The summed E-state index contributed by atoms with van der Waals surface area (Å²) < 4.78 is 0. The normalized spacial score (nSPS) is 9.96. The highest BCUT2D eigenvalue weighted by molar-refractivity contribution is 5.92. The van der Waals surface area contributed by atoms with Crippen molar-refractivity contribution in [3.05, 3.63) is 24.8 Å². The smallest absolute Gasteiger partial charge is 0.246 e. The first-order valence-electron chi connectivity index (χ1n) is 8.49. The molecular weight excluding hydrogens is 304 g/mol. The van der Waals surface area contributed by atoms with Gasteiger partial charge in [0, 0.05) is 25.2 Å². The van der Waals surface area contributed by atoms with Crippen molar-refractivity contribution in [2.45, 2.75) is 27.2 Å². The van der Waals surface area contributed by atoms with E-state index >= 15 is 0 Å². The summed E-state index contributed by atoms with van der Waals surface area (Å²) in [5.41, 5.74) is 0.569. The molecule has 0 rings (SSSR count). The Bertz CT molecular complexity index is 377.